The Morgan fingerprint density at radius 2 is 1.93 bits per heavy atom. The van der Waals surface area contributed by atoms with Gasteiger partial charge in [-0.3, -0.25) is 9.69 Å². The molecule has 1 fully saturated rings. The predicted molar refractivity (Wildman–Crippen MR) is 107 cm³/mol. The summed E-state index contributed by atoms with van der Waals surface area (Å²) in [6.45, 7) is 5.34. The van der Waals surface area contributed by atoms with E-state index in [0.29, 0.717) is 25.4 Å². The molecular formula is C21H25FN6O2. The van der Waals surface area contributed by atoms with Crippen LogP contribution in [0.15, 0.2) is 47.1 Å². The Hall–Kier alpha value is -3.07. The van der Waals surface area contributed by atoms with Crippen LogP contribution in [-0.2, 0) is 6.54 Å². The molecule has 0 spiro atoms. The van der Waals surface area contributed by atoms with Crippen molar-refractivity contribution in [3.63, 3.8) is 0 Å². The maximum atomic E-state index is 13.2. The minimum atomic E-state index is -0.262. The van der Waals surface area contributed by atoms with Gasteiger partial charge in [0.2, 0.25) is 0 Å². The molecule has 2 aromatic heterocycles. The molecule has 0 radical (unpaired) electrons. The summed E-state index contributed by atoms with van der Waals surface area (Å²) in [5, 5.41) is 12.4. The van der Waals surface area contributed by atoms with E-state index in [-0.39, 0.29) is 17.8 Å². The fourth-order valence-corrected chi connectivity index (χ4v) is 3.87. The Labute approximate surface area is 174 Å². The topological polar surface area (TPSA) is 80.3 Å². The summed E-state index contributed by atoms with van der Waals surface area (Å²) >= 11 is 0. The normalized spacial score (nSPS) is 16.0. The molecule has 1 saturated heterocycles. The average Bonchev–Trinajstić information content (AvgIpc) is 3.46. The van der Waals surface area contributed by atoms with E-state index in [1.807, 2.05) is 4.90 Å². The quantitative estimate of drug-likeness (QED) is 0.594. The lowest BCUT2D eigenvalue weighted by molar-refractivity contribution is 0.0515. The highest BCUT2D eigenvalue weighted by molar-refractivity contribution is 5.91. The molecule has 8 nitrogen and oxygen atoms in total. The minimum absolute atomic E-state index is 0.0614. The van der Waals surface area contributed by atoms with E-state index >= 15 is 0 Å². The molecule has 1 aliphatic heterocycles. The maximum absolute atomic E-state index is 13.2. The van der Waals surface area contributed by atoms with Crippen LogP contribution in [0.25, 0.3) is 0 Å². The molecule has 30 heavy (non-hydrogen) atoms. The van der Waals surface area contributed by atoms with Crippen molar-refractivity contribution in [1.29, 1.82) is 0 Å². The number of nitrogens with zero attached hydrogens (tertiary/aromatic N) is 6. The third-order valence-corrected chi connectivity index (χ3v) is 5.44. The number of piperazine rings is 1. The zero-order valence-corrected chi connectivity index (χ0v) is 16.9. The maximum Gasteiger partial charge on any atom is 0.289 e. The SMILES string of the molecule is CCCC(c1nnnn1Cc1ccc(F)cc1)N1CCN(C(=O)c2ccco2)CC1. The fourth-order valence-electron chi connectivity index (χ4n) is 3.87. The first-order valence-corrected chi connectivity index (χ1v) is 10.2. The van der Waals surface area contributed by atoms with Gasteiger partial charge in [0.25, 0.3) is 5.91 Å². The van der Waals surface area contributed by atoms with Crippen LogP contribution in [0.5, 0.6) is 0 Å². The van der Waals surface area contributed by atoms with E-state index in [2.05, 4.69) is 27.3 Å². The number of hydrogen-bond acceptors (Lipinski definition) is 6. The number of carbonyl (C=O) groups excluding carboxylic acids is 1. The second-order valence-corrected chi connectivity index (χ2v) is 7.43. The number of furan rings is 1. The van der Waals surface area contributed by atoms with Crippen molar-refractivity contribution < 1.29 is 13.6 Å². The summed E-state index contributed by atoms with van der Waals surface area (Å²) in [5.74, 6) is 0.832. The van der Waals surface area contributed by atoms with E-state index in [1.165, 1.54) is 18.4 Å². The molecule has 1 aliphatic rings. The Bertz CT molecular complexity index is 948. The number of halogens is 1. The van der Waals surface area contributed by atoms with Gasteiger partial charge in [-0.25, -0.2) is 9.07 Å². The van der Waals surface area contributed by atoms with Gasteiger partial charge in [-0.2, -0.15) is 0 Å². The largest absolute Gasteiger partial charge is 0.459 e. The van der Waals surface area contributed by atoms with Crippen molar-refractivity contribution >= 4 is 5.91 Å². The van der Waals surface area contributed by atoms with Gasteiger partial charge in [-0.15, -0.1) is 5.10 Å². The Morgan fingerprint density at radius 3 is 2.60 bits per heavy atom. The summed E-state index contributed by atoms with van der Waals surface area (Å²) in [5.41, 5.74) is 0.939. The molecule has 3 heterocycles. The van der Waals surface area contributed by atoms with Gasteiger partial charge >= 0.3 is 0 Å². The standard InChI is InChI=1S/C21H25FN6O2/c1-2-4-18(20-23-24-25-28(20)15-16-6-8-17(22)9-7-16)26-10-12-27(13-11-26)21(29)19-5-3-14-30-19/h3,5-9,14,18H,2,4,10-13,15H2,1H3. The smallest absolute Gasteiger partial charge is 0.289 e. The summed E-state index contributed by atoms with van der Waals surface area (Å²) in [7, 11) is 0. The Balaban J connectivity index is 1.45. The number of benzene rings is 1. The number of hydrogen-bond donors (Lipinski definition) is 0. The second-order valence-electron chi connectivity index (χ2n) is 7.43. The number of tetrazole rings is 1. The molecule has 1 unspecified atom stereocenters. The van der Waals surface area contributed by atoms with Crippen molar-refractivity contribution in [2.24, 2.45) is 0 Å². The van der Waals surface area contributed by atoms with Crippen LogP contribution in [0, 0.1) is 5.82 Å². The van der Waals surface area contributed by atoms with Crippen molar-refractivity contribution in [2.75, 3.05) is 26.2 Å². The highest BCUT2D eigenvalue weighted by atomic mass is 19.1. The molecule has 1 aromatic carbocycles. The van der Waals surface area contributed by atoms with Crippen LogP contribution in [-0.4, -0.2) is 62.1 Å². The van der Waals surface area contributed by atoms with E-state index in [1.54, 1.807) is 28.9 Å². The van der Waals surface area contributed by atoms with Crippen molar-refractivity contribution in [2.45, 2.75) is 32.4 Å². The molecule has 3 aromatic rings. The summed E-state index contributed by atoms with van der Waals surface area (Å²) < 4.78 is 20.2. The zero-order valence-electron chi connectivity index (χ0n) is 16.9. The lowest BCUT2D eigenvalue weighted by Gasteiger charge is -2.38. The zero-order chi connectivity index (χ0) is 20.9. The van der Waals surface area contributed by atoms with Crippen molar-refractivity contribution in [3.05, 3.63) is 65.6 Å². The molecule has 0 saturated carbocycles. The number of amides is 1. The van der Waals surface area contributed by atoms with Crippen LogP contribution >= 0.6 is 0 Å². The molecular weight excluding hydrogens is 387 g/mol. The third kappa shape index (κ3) is 4.40. The molecule has 1 atom stereocenters. The Morgan fingerprint density at radius 1 is 1.17 bits per heavy atom. The molecule has 158 valence electrons. The van der Waals surface area contributed by atoms with E-state index < -0.39 is 0 Å². The number of rotatable bonds is 7. The molecule has 0 N–H and O–H groups in total. The summed E-state index contributed by atoms with van der Waals surface area (Å²) in [4.78, 5) is 16.7. The van der Waals surface area contributed by atoms with Crippen LogP contribution in [0.3, 0.4) is 0 Å². The first kappa shape index (κ1) is 20.2. The van der Waals surface area contributed by atoms with Gasteiger partial charge in [-0.05, 0) is 46.7 Å². The van der Waals surface area contributed by atoms with Gasteiger partial charge in [-0.1, -0.05) is 25.5 Å². The number of carbonyl (C=O) groups is 1. The van der Waals surface area contributed by atoms with Gasteiger partial charge < -0.3 is 9.32 Å². The van der Waals surface area contributed by atoms with Gasteiger partial charge in [0.1, 0.15) is 5.82 Å². The molecule has 9 heteroatoms. The number of aromatic nitrogens is 4. The second kappa shape index (κ2) is 9.17. The minimum Gasteiger partial charge on any atom is -0.459 e. The summed E-state index contributed by atoms with van der Waals surface area (Å²) in [6.07, 6.45) is 3.41. The summed E-state index contributed by atoms with van der Waals surface area (Å²) in [6, 6.07) is 9.85. The van der Waals surface area contributed by atoms with Gasteiger partial charge in [0, 0.05) is 26.2 Å². The van der Waals surface area contributed by atoms with E-state index in [4.69, 9.17) is 4.42 Å². The van der Waals surface area contributed by atoms with Crippen LogP contribution in [0.4, 0.5) is 4.39 Å². The van der Waals surface area contributed by atoms with E-state index in [9.17, 15) is 9.18 Å². The van der Waals surface area contributed by atoms with Gasteiger partial charge in [0.05, 0.1) is 18.8 Å². The first-order valence-electron chi connectivity index (χ1n) is 10.2. The van der Waals surface area contributed by atoms with Gasteiger partial charge in [0.15, 0.2) is 11.6 Å². The van der Waals surface area contributed by atoms with Crippen LogP contribution < -0.4 is 0 Å². The van der Waals surface area contributed by atoms with Crippen molar-refractivity contribution in [1.82, 2.24) is 30.0 Å². The Kier molecular flexibility index (Phi) is 6.18. The highest BCUT2D eigenvalue weighted by Crippen LogP contribution is 2.26. The molecule has 1 amide bonds. The molecule has 4 rings (SSSR count). The lowest BCUT2D eigenvalue weighted by atomic mass is 10.1. The predicted octanol–water partition coefficient (Wildman–Crippen LogP) is 2.75. The van der Waals surface area contributed by atoms with Crippen LogP contribution in [0.2, 0.25) is 0 Å². The average molecular weight is 412 g/mol. The first-order chi connectivity index (χ1) is 14.7. The van der Waals surface area contributed by atoms with Crippen molar-refractivity contribution in [3.8, 4) is 0 Å². The molecule has 0 aliphatic carbocycles. The molecule has 0 bridgehead atoms. The van der Waals surface area contributed by atoms with Crippen LogP contribution in [0.1, 0.15) is 47.7 Å². The third-order valence-electron chi connectivity index (χ3n) is 5.44. The monoisotopic (exact) mass is 412 g/mol. The fraction of sp³-hybridized carbons (Fsp3) is 0.429. The van der Waals surface area contributed by atoms with E-state index in [0.717, 1.165) is 37.3 Å². The highest BCUT2D eigenvalue weighted by Gasteiger charge is 2.30. The lowest BCUT2D eigenvalue weighted by Crippen LogP contribution is -2.50.